The van der Waals surface area contributed by atoms with Crippen molar-refractivity contribution in [3.63, 3.8) is 0 Å². The number of halogens is 1. The van der Waals surface area contributed by atoms with Crippen molar-refractivity contribution in [2.75, 3.05) is 31.5 Å². The minimum Gasteiger partial charge on any atom is -0.369 e. The second kappa shape index (κ2) is 7.25. The molecular formula is C15H24BrN3. The highest BCUT2D eigenvalue weighted by Crippen LogP contribution is 2.21. The lowest BCUT2D eigenvalue weighted by atomic mass is 10.1. The number of nitrogens with zero attached hydrogens (tertiary/aromatic N) is 2. The largest absolute Gasteiger partial charge is 0.369 e. The average molecular weight is 326 g/mol. The molecule has 1 aliphatic heterocycles. The fourth-order valence-corrected chi connectivity index (χ4v) is 3.19. The summed E-state index contributed by atoms with van der Waals surface area (Å²) in [5, 5.41) is 3.44. The molecule has 2 heterocycles. The third-order valence-corrected chi connectivity index (χ3v) is 4.22. The number of rotatable bonds is 5. The summed E-state index contributed by atoms with van der Waals surface area (Å²) >= 11 is 3.56. The standard InChI is InChI=1S/C15H24BrN3/c1-12-8-14(16)15(17-9-12)18-10-13(2)11-19-6-4-3-5-7-19/h8-9,13H,3-7,10-11H2,1-2H3,(H,17,18). The normalized spacial score (nSPS) is 18.3. The Morgan fingerprint density at radius 3 is 2.79 bits per heavy atom. The molecule has 1 N–H and O–H groups in total. The zero-order chi connectivity index (χ0) is 13.7. The Morgan fingerprint density at radius 2 is 2.11 bits per heavy atom. The van der Waals surface area contributed by atoms with Crippen molar-refractivity contribution in [2.24, 2.45) is 5.92 Å². The number of nitrogens with one attached hydrogen (secondary N) is 1. The molecule has 0 saturated carbocycles. The van der Waals surface area contributed by atoms with Crippen molar-refractivity contribution in [3.8, 4) is 0 Å². The quantitative estimate of drug-likeness (QED) is 0.894. The third-order valence-electron chi connectivity index (χ3n) is 3.61. The highest BCUT2D eigenvalue weighted by molar-refractivity contribution is 9.10. The van der Waals surface area contributed by atoms with Crippen molar-refractivity contribution >= 4 is 21.7 Å². The lowest BCUT2D eigenvalue weighted by Gasteiger charge is -2.29. The Bertz CT molecular complexity index is 402. The summed E-state index contributed by atoms with van der Waals surface area (Å²) in [6.07, 6.45) is 6.04. The first-order chi connectivity index (χ1) is 9.15. The molecule has 1 saturated heterocycles. The van der Waals surface area contributed by atoms with E-state index in [0.717, 1.165) is 16.8 Å². The maximum Gasteiger partial charge on any atom is 0.140 e. The molecule has 1 aliphatic rings. The lowest BCUT2D eigenvalue weighted by molar-refractivity contribution is 0.204. The first-order valence-corrected chi connectivity index (χ1v) is 8.03. The average Bonchev–Trinajstić information content (AvgIpc) is 2.39. The highest BCUT2D eigenvalue weighted by atomic mass is 79.9. The number of hydrogen-bond acceptors (Lipinski definition) is 3. The molecule has 19 heavy (non-hydrogen) atoms. The van der Waals surface area contributed by atoms with Crippen LogP contribution in [0.15, 0.2) is 16.7 Å². The summed E-state index contributed by atoms with van der Waals surface area (Å²) in [7, 11) is 0. The summed E-state index contributed by atoms with van der Waals surface area (Å²) < 4.78 is 1.05. The predicted octanol–water partition coefficient (Wildman–Crippen LogP) is 3.69. The van der Waals surface area contributed by atoms with E-state index in [0.29, 0.717) is 5.92 Å². The number of aryl methyl sites for hydroxylation is 1. The molecule has 0 bridgehead atoms. The zero-order valence-electron chi connectivity index (χ0n) is 12.0. The number of hydrogen-bond donors (Lipinski definition) is 1. The Hall–Kier alpha value is -0.610. The molecule has 4 heteroatoms. The van der Waals surface area contributed by atoms with Crippen LogP contribution >= 0.6 is 15.9 Å². The molecule has 106 valence electrons. The molecule has 1 atom stereocenters. The van der Waals surface area contributed by atoms with E-state index in [9.17, 15) is 0 Å². The summed E-state index contributed by atoms with van der Waals surface area (Å²) in [5.41, 5.74) is 1.18. The number of piperidine rings is 1. The van der Waals surface area contributed by atoms with E-state index in [-0.39, 0.29) is 0 Å². The number of aromatic nitrogens is 1. The fourth-order valence-electron chi connectivity index (χ4n) is 2.58. The van der Waals surface area contributed by atoms with Crippen molar-refractivity contribution in [2.45, 2.75) is 33.1 Å². The lowest BCUT2D eigenvalue weighted by Crippen LogP contribution is -2.35. The third kappa shape index (κ3) is 4.77. The van der Waals surface area contributed by atoms with Crippen molar-refractivity contribution in [1.82, 2.24) is 9.88 Å². The van der Waals surface area contributed by atoms with Gasteiger partial charge in [-0.25, -0.2) is 4.98 Å². The monoisotopic (exact) mass is 325 g/mol. The van der Waals surface area contributed by atoms with Crippen molar-refractivity contribution in [1.29, 1.82) is 0 Å². The van der Waals surface area contributed by atoms with Crippen LogP contribution in [0.1, 0.15) is 31.7 Å². The van der Waals surface area contributed by atoms with Gasteiger partial charge < -0.3 is 10.2 Å². The highest BCUT2D eigenvalue weighted by Gasteiger charge is 2.13. The van der Waals surface area contributed by atoms with Crippen molar-refractivity contribution in [3.05, 3.63) is 22.3 Å². The molecule has 3 nitrogen and oxygen atoms in total. The zero-order valence-corrected chi connectivity index (χ0v) is 13.5. The molecule has 0 radical (unpaired) electrons. The summed E-state index contributed by atoms with van der Waals surface area (Å²) in [6, 6.07) is 2.10. The van der Waals surface area contributed by atoms with Gasteiger partial charge in [0.15, 0.2) is 0 Å². The van der Waals surface area contributed by atoms with E-state index in [2.05, 4.69) is 51.0 Å². The second-order valence-electron chi connectivity index (χ2n) is 5.69. The molecule has 1 aromatic rings. The minimum absolute atomic E-state index is 0.646. The van der Waals surface area contributed by atoms with Gasteiger partial charge in [0.25, 0.3) is 0 Å². The molecular weight excluding hydrogens is 302 g/mol. The van der Waals surface area contributed by atoms with Gasteiger partial charge in [-0.1, -0.05) is 13.3 Å². The minimum atomic E-state index is 0.646. The van der Waals surface area contributed by atoms with Gasteiger partial charge in [0.2, 0.25) is 0 Å². The Labute approximate surface area is 124 Å². The van der Waals surface area contributed by atoms with Crippen LogP contribution in [-0.4, -0.2) is 36.1 Å². The van der Waals surface area contributed by atoms with E-state index in [1.807, 2.05) is 6.20 Å². The van der Waals surface area contributed by atoms with Gasteiger partial charge in [0, 0.05) is 19.3 Å². The van der Waals surface area contributed by atoms with Crippen LogP contribution in [0.2, 0.25) is 0 Å². The summed E-state index contributed by atoms with van der Waals surface area (Å²) in [6.45, 7) is 9.08. The van der Waals surface area contributed by atoms with Crippen LogP contribution in [-0.2, 0) is 0 Å². The SMILES string of the molecule is Cc1cnc(NCC(C)CN2CCCCC2)c(Br)c1. The van der Waals surface area contributed by atoms with Crippen LogP contribution in [0.3, 0.4) is 0 Å². The molecule has 1 aromatic heterocycles. The smallest absolute Gasteiger partial charge is 0.140 e. The molecule has 0 aromatic carbocycles. The van der Waals surface area contributed by atoms with E-state index >= 15 is 0 Å². The van der Waals surface area contributed by atoms with E-state index in [1.54, 1.807) is 0 Å². The Morgan fingerprint density at radius 1 is 1.37 bits per heavy atom. The van der Waals surface area contributed by atoms with Crippen LogP contribution in [0.5, 0.6) is 0 Å². The summed E-state index contributed by atoms with van der Waals surface area (Å²) in [5.74, 6) is 1.60. The van der Waals surface area contributed by atoms with E-state index in [1.165, 1.54) is 44.5 Å². The van der Waals surface area contributed by atoms with Crippen LogP contribution in [0.4, 0.5) is 5.82 Å². The van der Waals surface area contributed by atoms with Crippen LogP contribution < -0.4 is 5.32 Å². The summed E-state index contributed by atoms with van der Waals surface area (Å²) in [4.78, 5) is 7.02. The number of likely N-dealkylation sites (tertiary alicyclic amines) is 1. The van der Waals surface area contributed by atoms with E-state index < -0.39 is 0 Å². The Balaban J connectivity index is 1.77. The molecule has 0 aliphatic carbocycles. The van der Waals surface area contributed by atoms with Gasteiger partial charge in [0.05, 0.1) is 4.47 Å². The maximum absolute atomic E-state index is 4.42. The number of anilines is 1. The van der Waals surface area contributed by atoms with Crippen molar-refractivity contribution < 1.29 is 0 Å². The molecule has 1 fully saturated rings. The van der Waals surface area contributed by atoms with Gasteiger partial charge >= 0.3 is 0 Å². The molecule has 0 amide bonds. The topological polar surface area (TPSA) is 28.2 Å². The van der Waals surface area contributed by atoms with Crippen LogP contribution in [0, 0.1) is 12.8 Å². The number of pyridine rings is 1. The van der Waals surface area contributed by atoms with Gasteiger partial charge in [-0.2, -0.15) is 0 Å². The molecule has 1 unspecified atom stereocenters. The van der Waals surface area contributed by atoms with Gasteiger partial charge in [-0.15, -0.1) is 0 Å². The molecule has 0 spiro atoms. The fraction of sp³-hybridized carbons (Fsp3) is 0.667. The maximum atomic E-state index is 4.42. The van der Waals surface area contributed by atoms with Gasteiger partial charge in [0.1, 0.15) is 5.82 Å². The first kappa shape index (κ1) is 14.8. The first-order valence-electron chi connectivity index (χ1n) is 7.23. The van der Waals surface area contributed by atoms with Gasteiger partial charge in [-0.3, -0.25) is 0 Å². The van der Waals surface area contributed by atoms with E-state index in [4.69, 9.17) is 0 Å². The second-order valence-corrected chi connectivity index (χ2v) is 6.54. The molecule has 2 rings (SSSR count). The Kier molecular flexibility index (Phi) is 5.64. The van der Waals surface area contributed by atoms with Gasteiger partial charge in [-0.05, 0) is 66.3 Å². The van der Waals surface area contributed by atoms with Crippen LogP contribution in [0.25, 0.3) is 0 Å². The predicted molar refractivity (Wildman–Crippen MR) is 84.6 cm³/mol.